The Kier molecular flexibility index (Phi) is 4.50. The molecule has 1 atom stereocenters. The van der Waals surface area contributed by atoms with Gasteiger partial charge in [0.05, 0.1) is 18.1 Å². The molecule has 0 radical (unpaired) electrons. The van der Waals surface area contributed by atoms with Gasteiger partial charge in [-0.1, -0.05) is 18.2 Å². The summed E-state index contributed by atoms with van der Waals surface area (Å²) in [6.45, 7) is 1.47. The van der Waals surface area contributed by atoms with Crippen molar-refractivity contribution in [2.75, 3.05) is 23.7 Å². The molecule has 130 valence electrons. The highest BCUT2D eigenvalue weighted by atomic mass is 16.2. The van der Waals surface area contributed by atoms with Gasteiger partial charge in [-0.3, -0.25) is 0 Å². The molecule has 2 fully saturated rings. The molecular formula is C19H23N5O. The van der Waals surface area contributed by atoms with E-state index >= 15 is 0 Å². The predicted octanol–water partition coefficient (Wildman–Crippen LogP) is 3.46. The second kappa shape index (κ2) is 7.09. The molecule has 1 aromatic heterocycles. The Morgan fingerprint density at radius 1 is 1.04 bits per heavy atom. The SMILES string of the molecule is O=C(Nc1cnc(C2CC2)nc1)N1CCC[C@H](Nc2ccccc2)C1. The number of nitrogens with zero attached hydrogens (tertiary/aromatic N) is 3. The van der Waals surface area contributed by atoms with Crippen molar-refractivity contribution < 1.29 is 4.79 Å². The molecule has 25 heavy (non-hydrogen) atoms. The summed E-state index contributed by atoms with van der Waals surface area (Å²) in [6.07, 6.45) is 7.84. The van der Waals surface area contributed by atoms with E-state index in [0.29, 0.717) is 18.2 Å². The Balaban J connectivity index is 1.33. The number of anilines is 2. The van der Waals surface area contributed by atoms with Crippen LogP contribution in [0.2, 0.25) is 0 Å². The third-order valence-electron chi connectivity index (χ3n) is 4.72. The Hall–Kier alpha value is -2.63. The van der Waals surface area contributed by atoms with Crippen molar-refractivity contribution in [3.8, 4) is 0 Å². The van der Waals surface area contributed by atoms with Crippen LogP contribution >= 0.6 is 0 Å². The van der Waals surface area contributed by atoms with E-state index in [9.17, 15) is 4.79 Å². The number of piperidine rings is 1. The second-order valence-corrected chi connectivity index (χ2v) is 6.83. The van der Waals surface area contributed by atoms with Crippen LogP contribution in [0.4, 0.5) is 16.2 Å². The predicted molar refractivity (Wildman–Crippen MR) is 97.7 cm³/mol. The Bertz CT molecular complexity index is 714. The van der Waals surface area contributed by atoms with Crippen molar-refractivity contribution >= 4 is 17.4 Å². The first-order valence-corrected chi connectivity index (χ1v) is 8.97. The Morgan fingerprint density at radius 2 is 1.80 bits per heavy atom. The molecule has 0 unspecified atom stereocenters. The minimum atomic E-state index is -0.0812. The maximum atomic E-state index is 12.5. The van der Waals surface area contributed by atoms with Crippen molar-refractivity contribution in [3.05, 3.63) is 48.5 Å². The summed E-state index contributed by atoms with van der Waals surface area (Å²) in [5.74, 6) is 1.42. The number of carbonyl (C=O) groups excluding carboxylic acids is 1. The molecule has 1 aliphatic heterocycles. The number of nitrogens with one attached hydrogen (secondary N) is 2. The lowest BCUT2D eigenvalue weighted by molar-refractivity contribution is 0.196. The number of hydrogen-bond acceptors (Lipinski definition) is 4. The monoisotopic (exact) mass is 337 g/mol. The van der Waals surface area contributed by atoms with E-state index in [2.05, 4.69) is 32.7 Å². The van der Waals surface area contributed by atoms with Crippen LogP contribution in [-0.4, -0.2) is 40.0 Å². The van der Waals surface area contributed by atoms with Crippen molar-refractivity contribution in [3.63, 3.8) is 0 Å². The van der Waals surface area contributed by atoms with Crippen molar-refractivity contribution in [1.29, 1.82) is 0 Å². The molecule has 2 N–H and O–H groups in total. The van der Waals surface area contributed by atoms with Crippen LogP contribution in [-0.2, 0) is 0 Å². The van der Waals surface area contributed by atoms with Crippen LogP contribution in [0, 0.1) is 0 Å². The van der Waals surface area contributed by atoms with E-state index in [0.717, 1.165) is 30.9 Å². The molecule has 1 aromatic carbocycles. The van der Waals surface area contributed by atoms with Gasteiger partial charge in [0.1, 0.15) is 5.82 Å². The van der Waals surface area contributed by atoms with Gasteiger partial charge in [-0.25, -0.2) is 14.8 Å². The number of urea groups is 1. The molecule has 2 aromatic rings. The average molecular weight is 337 g/mol. The van der Waals surface area contributed by atoms with Crippen LogP contribution in [0.5, 0.6) is 0 Å². The fourth-order valence-electron chi connectivity index (χ4n) is 3.21. The summed E-state index contributed by atoms with van der Waals surface area (Å²) < 4.78 is 0. The number of amides is 2. The zero-order chi connectivity index (χ0) is 17.1. The van der Waals surface area contributed by atoms with Gasteiger partial charge in [0.25, 0.3) is 0 Å². The summed E-state index contributed by atoms with van der Waals surface area (Å²) in [7, 11) is 0. The lowest BCUT2D eigenvalue weighted by atomic mass is 10.1. The largest absolute Gasteiger partial charge is 0.381 e. The summed E-state index contributed by atoms with van der Waals surface area (Å²) in [5, 5.41) is 6.43. The van der Waals surface area contributed by atoms with Gasteiger partial charge in [-0.2, -0.15) is 0 Å². The fraction of sp³-hybridized carbons (Fsp3) is 0.421. The normalized spacial score (nSPS) is 20.2. The van der Waals surface area contributed by atoms with E-state index in [1.54, 1.807) is 12.4 Å². The van der Waals surface area contributed by atoms with E-state index in [1.165, 1.54) is 12.8 Å². The number of likely N-dealkylation sites (tertiary alicyclic amines) is 1. The van der Waals surface area contributed by atoms with Crippen molar-refractivity contribution in [1.82, 2.24) is 14.9 Å². The first-order chi connectivity index (χ1) is 12.3. The van der Waals surface area contributed by atoms with Crippen LogP contribution in [0.25, 0.3) is 0 Å². The van der Waals surface area contributed by atoms with Crippen LogP contribution in [0.15, 0.2) is 42.7 Å². The maximum absolute atomic E-state index is 12.5. The first-order valence-electron chi connectivity index (χ1n) is 8.97. The molecule has 2 amide bonds. The molecule has 2 aliphatic rings. The topological polar surface area (TPSA) is 70.2 Å². The van der Waals surface area contributed by atoms with Gasteiger partial charge >= 0.3 is 6.03 Å². The van der Waals surface area contributed by atoms with Crippen molar-refractivity contribution in [2.24, 2.45) is 0 Å². The Morgan fingerprint density at radius 3 is 2.52 bits per heavy atom. The fourth-order valence-corrected chi connectivity index (χ4v) is 3.21. The minimum absolute atomic E-state index is 0.0812. The molecule has 1 aliphatic carbocycles. The number of benzene rings is 1. The number of para-hydroxylation sites is 1. The summed E-state index contributed by atoms with van der Waals surface area (Å²) >= 11 is 0. The summed E-state index contributed by atoms with van der Waals surface area (Å²) in [4.78, 5) is 23.1. The highest BCUT2D eigenvalue weighted by Gasteiger charge is 2.27. The van der Waals surface area contributed by atoms with E-state index in [1.807, 2.05) is 23.1 Å². The molecular weight excluding hydrogens is 314 g/mol. The van der Waals surface area contributed by atoms with Gasteiger partial charge < -0.3 is 15.5 Å². The van der Waals surface area contributed by atoms with E-state index < -0.39 is 0 Å². The van der Waals surface area contributed by atoms with E-state index in [-0.39, 0.29) is 12.1 Å². The van der Waals surface area contributed by atoms with Crippen molar-refractivity contribution in [2.45, 2.75) is 37.6 Å². The van der Waals surface area contributed by atoms with Crippen LogP contribution in [0.1, 0.15) is 37.4 Å². The minimum Gasteiger partial charge on any atom is -0.381 e. The third kappa shape index (κ3) is 4.07. The lowest BCUT2D eigenvalue weighted by Crippen LogP contribution is -2.46. The molecule has 1 saturated heterocycles. The summed E-state index contributed by atoms with van der Waals surface area (Å²) in [6, 6.07) is 10.3. The quantitative estimate of drug-likeness (QED) is 0.896. The number of hydrogen-bond donors (Lipinski definition) is 2. The average Bonchev–Trinajstić information content (AvgIpc) is 3.49. The third-order valence-corrected chi connectivity index (χ3v) is 4.72. The smallest absolute Gasteiger partial charge is 0.322 e. The van der Waals surface area contributed by atoms with Crippen LogP contribution in [0.3, 0.4) is 0 Å². The molecule has 6 nitrogen and oxygen atoms in total. The standard InChI is InChI=1S/C19H23N5O/c25-19(23-17-11-20-18(21-12-17)14-8-9-14)24-10-4-7-16(13-24)22-15-5-2-1-3-6-15/h1-3,5-6,11-12,14,16,22H,4,7-10,13H2,(H,23,25)/t16-/m0/s1. The number of rotatable bonds is 4. The Labute approximate surface area is 147 Å². The lowest BCUT2D eigenvalue weighted by Gasteiger charge is -2.33. The number of aromatic nitrogens is 2. The highest BCUT2D eigenvalue weighted by molar-refractivity contribution is 5.89. The van der Waals surface area contributed by atoms with Gasteiger partial charge in [0.2, 0.25) is 0 Å². The molecule has 1 saturated carbocycles. The van der Waals surface area contributed by atoms with Gasteiger partial charge in [0.15, 0.2) is 0 Å². The molecule has 0 spiro atoms. The molecule has 0 bridgehead atoms. The highest BCUT2D eigenvalue weighted by Crippen LogP contribution is 2.37. The summed E-state index contributed by atoms with van der Waals surface area (Å²) in [5.41, 5.74) is 1.76. The molecule has 2 heterocycles. The second-order valence-electron chi connectivity index (χ2n) is 6.83. The van der Waals surface area contributed by atoms with Crippen LogP contribution < -0.4 is 10.6 Å². The van der Waals surface area contributed by atoms with E-state index in [4.69, 9.17) is 0 Å². The number of carbonyl (C=O) groups is 1. The molecule has 6 heteroatoms. The van der Waals surface area contributed by atoms with Gasteiger partial charge in [-0.15, -0.1) is 0 Å². The van der Waals surface area contributed by atoms with Gasteiger partial charge in [0, 0.05) is 30.7 Å². The maximum Gasteiger partial charge on any atom is 0.322 e. The van der Waals surface area contributed by atoms with Gasteiger partial charge in [-0.05, 0) is 37.8 Å². The zero-order valence-electron chi connectivity index (χ0n) is 14.2. The first kappa shape index (κ1) is 15.9. The zero-order valence-corrected chi connectivity index (χ0v) is 14.2. The molecule has 4 rings (SSSR count).